The van der Waals surface area contributed by atoms with Crippen molar-refractivity contribution in [3.63, 3.8) is 0 Å². The van der Waals surface area contributed by atoms with Crippen LogP contribution in [0.25, 0.3) is 0 Å². The Bertz CT molecular complexity index is 352. The second-order valence-corrected chi connectivity index (χ2v) is 2.97. The van der Waals surface area contributed by atoms with Crippen molar-refractivity contribution in [3.05, 3.63) is 41.4 Å². The zero-order chi connectivity index (χ0) is 9.68. The number of hydrogen-bond donors (Lipinski definition) is 1. The lowest BCUT2D eigenvalue weighted by atomic mass is 10.1. The van der Waals surface area contributed by atoms with E-state index in [-0.39, 0.29) is 0 Å². The van der Waals surface area contributed by atoms with E-state index in [2.05, 4.69) is 11.9 Å². The van der Waals surface area contributed by atoms with Crippen LogP contribution < -0.4 is 5.32 Å². The Morgan fingerprint density at radius 1 is 1.62 bits per heavy atom. The van der Waals surface area contributed by atoms with Crippen molar-refractivity contribution in [3.8, 4) is 6.19 Å². The number of nitrogens with one attached hydrogen (secondary N) is 1. The number of allylic oxidation sites excluding steroid dienone is 1. The van der Waals surface area contributed by atoms with E-state index in [1.807, 2.05) is 12.3 Å². The third-order valence-electron chi connectivity index (χ3n) is 1.62. The molecule has 2 nitrogen and oxygen atoms in total. The minimum absolute atomic E-state index is 0.667. The summed E-state index contributed by atoms with van der Waals surface area (Å²) in [6, 6.07) is 5.35. The van der Waals surface area contributed by atoms with Crippen LogP contribution in [0.4, 0.5) is 5.69 Å². The highest BCUT2D eigenvalue weighted by Crippen LogP contribution is 2.20. The maximum Gasteiger partial charge on any atom is 0.181 e. The van der Waals surface area contributed by atoms with Crippen LogP contribution in [0.15, 0.2) is 30.9 Å². The lowest BCUT2D eigenvalue weighted by Gasteiger charge is -2.05. The molecule has 0 spiro atoms. The molecule has 0 aliphatic rings. The van der Waals surface area contributed by atoms with Crippen molar-refractivity contribution in [2.45, 2.75) is 6.42 Å². The van der Waals surface area contributed by atoms with E-state index in [1.165, 1.54) is 0 Å². The zero-order valence-electron chi connectivity index (χ0n) is 7.05. The lowest BCUT2D eigenvalue weighted by Crippen LogP contribution is -1.93. The first kappa shape index (κ1) is 9.63. The van der Waals surface area contributed by atoms with Crippen LogP contribution in [-0.4, -0.2) is 0 Å². The maximum absolute atomic E-state index is 8.46. The fourth-order valence-corrected chi connectivity index (χ4v) is 1.26. The molecule has 0 unspecified atom stereocenters. The van der Waals surface area contributed by atoms with E-state index < -0.39 is 0 Å². The van der Waals surface area contributed by atoms with Crippen molar-refractivity contribution < 1.29 is 0 Å². The molecule has 0 atom stereocenters. The first-order valence-electron chi connectivity index (χ1n) is 3.82. The molecule has 66 valence electrons. The number of nitriles is 1. The van der Waals surface area contributed by atoms with Gasteiger partial charge in [-0.25, -0.2) is 0 Å². The molecule has 0 aromatic heterocycles. The third-order valence-corrected chi connectivity index (χ3v) is 1.86. The molecule has 0 aliphatic carbocycles. The van der Waals surface area contributed by atoms with Crippen molar-refractivity contribution >= 4 is 17.3 Å². The van der Waals surface area contributed by atoms with Gasteiger partial charge in [0.2, 0.25) is 0 Å². The van der Waals surface area contributed by atoms with Crippen LogP contribution in [0.3, 0.4) is 0 Å². The monoisotopic (exact) mass is 192 g/mol. The predicted octanol–water partition coefficient (Wildman–Crippen LogP) is 2.96. The van der Waals surface area contributed by atoms with Crippen LogP contribution in [0.1, 0.15) is 5.56 Å². The van der Waals surface area contributed by atoms with Crippen LogP contribution in [0, 0.1) is 11.5 Å². The smallest absolute Gasteiger partial charge is 0.181 e. The Hall–Kier alpha value is -1.46. The Kier molecular flexibility index (Phi) is 3.36. The molecule has 0 fully saturated rings. The van der Waals surface area contributed by atoms with Gasteiger partial charge in [0.1, 0.15) is 0 Å². The molecule has 13 heavy (non-hydrogen) atoms. The minimum atomic E-state index is 0.667. The summed E-state index contributed by atoms with van der Waals surface area (Å²) >= 11 is 5.81. The second-order valence-electron chi connectivity index (χ2n) is 2.53. The predicted molar refractivity (Wildman–Crippen MR) is 54.6 cm³/mol. The Morgan fingerprint density at radius 3 is 3.00 bits per heavy atom. The van der Waals surface area contributed by atoms with Crippen LogP contribution >= 0.6 is 11.6 Å². The number of hydrogen-bond acceptors (Lipinski definition) is 2. The van der Waals surface area contributed by atoms with E-state index >= 15 is 0 Å². The number of halogens is 1. The van der Waals surface area contributed by atoms with Gasteiger partial charge in [0.05, 0.1) is 5.69 Å². The van der Waals surface area contributed by atoms with Gasteiger partial charge in [0.25, 0.3) is 0 Å². The SMILES string of the molecule is C=CCc1cc(Cl)ccc1NC#N. The van der Waals surface area contributed by atoms with Gasteiger partial charge in [-0.15, -0.1) is 6.58 Å². The molecule has 0 saturated heterocycles. The summed E-state index contributed by atoms with van der Waals surface area (Å²) in [5.74, 6) is 0. The van der Waals surface area contributed by atoms with Crippen molar-refractivity contribution in [2.75, 3.05) is 5.32 Å². The molecule has 0 bridgehead atoms. The van der Waals surface area contributed by atoms with Crippen molar-refractivity contribution in [1.29, 1.82) is 5.26 Å². The summed E-state index contributed by atoms with van der Waals surface area (Å²) in [6.07, 6.45) is 4.35. The summed E-state index contributed by atoms with van der Waals surface area (Å²) in [5.41, 5.74) is 1.76. The molecule has 1 aromatic rings. The molecule has 0 radical (unpaired) electrons. The molecule has 3 heteroatoms. The zero-order valence-corrected chi connectivity index (χ0v) is 7.80. The fraction of sp³-hybridized carbons (Fsp3) is 0.100. The van der Waals surface area contributed by atoms with Crippen molar-refractivity contribution in [1.82, 2.24) is 0 Å². The summed E-state index contributed by atoms with van der Waals surface area (Å²) in [6.45, 7) is 3.63. The van der Waals surface area contributed by atoms with Gasteiger partial charge >= 0.3 is 0 Å². The van der Waals surface area contributed by atoms with E-state index in [1.54, 1.807) is 18.2 Å². The third kappa shape index (κ3) is 2.50. The van der Waals surface area contributed by atoms with Gasteiger partial charge in [0.15, 0.2) is 6.19 Å². The highest BCUT2D eigenvalue weighted by molar-refractivity contribution is 6.30. The van der Waals surface area contributed by atoms with Gasteiger partial charge in [-0.3, -0.25) is 5.32 Å². The molecule has 1 rings (SSSR count). The standard InChI is InChI=1S/C10H9ClN2/c1-2-3-8-6-9(11)4-5-10(8)13-7-12/h2,4-6,13H,1,3H2. The van der Waals surface area contributed by atoms with Gasteiger partial charge in [-0.1, -0.05) is 17.7 Å². The fourth-order valence-electron chi connectivity index (χ4n) is 1.07. The maximum atomic E-state index is 8.46. The lowest BCUT2D eigenvalue weighted by molar-refractivity contribution is 1.27. The molecular weight excluding hydrogens is 184 g/mol. The average molecular weight is 193 g/mol. The van der Waals surface area contributed by atoms with Crippen LogP contribution in [0.2, 0.25) is 5.02 Å². The van der Waals surface area contributed by atoms with E-state index in [0.29, 0.717) is 11.4 Å². The van der Waals surface area contributed by atoms with Crippen molar-refractivity contribution in [2.24, 2.45) is 0 Å². The summed E-state index contributed by atoms with van der Waals surface area (Å²) in [5, 5.41) is 11.7. The summed E-state index contributed by atoms with van der Waals surface area (Å²) in [7, 11) is 0. The molecule has 0 aliphatic heterocycles. The highest BCUT2D eigenvalue weighted by atomic mass is 35.5. The number of nitrogens with zero attached hydrogens (tertiary/aromatic N) is 1. The van der Waals surface area contributed by atoms with E-state index in [4.69, 9.17) is 16.9 Å². The van der Waals surface area contributed by atoms with Gasteiger partial charge in [-0.2, -0.15) is 5.26 Å². The molecule has 0 amide bonds. The summed E-state index contributed by atoms with van der Waals surface area (Å²) < 4.78 is 0. The molecule has 0 heterocycles. The number of rotatable bonds is 3. The number of benzene rings is 1. The molecule has 1 aromatic carbocycles. The molecule has 0 saturated carbocycles. The average Bonchev–Trinajstić information content (AvgIpc) is 2.10. The number of anilines is 1. The van der Waals surface area contributed by atoms with Crippen LogP contribution in [-0.2, 0) is 6.42 Å². The molecule has 1 N–H and O–H groups in total. The summed E-state index contributed by atoms with van der Waals surface area (Å²) in [4.78, 5) is 0. The Balaban J connectivity index is 3.04. The first-order chi connectivity index (χ1) is 6.27. The second kappa shape index (κ2) is 4.54. The Labute approximate surface area is 82.4 Å². The van der Waals surface area contributed by atoms with Gasteiger partial charge < -0.3 is 0 Å². The van der Waals surface area contributed by atoms with Crippen LogP contribution in [0.5, 0.6) is 0 Å². The topological polar surface area (TPSA) is 35.8 Å². The first-order valence-corrected chi connectivity index (χ1v) is 4.20. The highest BCUT2D eigenvalue weighted by Gasteiger charge is 2.00. The normalized spacial score (nSPS) is 8.92. The minimum Gasteiger partial charge on any atom is -0.293 e. The molecular formula is C10H9ClN2. The van der Waals surface area contributed by atoms with Gasteiger partial charge in [-0.05, 0) is 30.2 Å². The Morgan fingerprint density at radius 2 is 2.38 bits per heavy atom. The van der Waals surface area contributed by atoms with E-state index in [9.17, 15) is 0 Å². The quantitative estimate of drug-likeness (QED) is 0.454. The van der Waals surface area contributed by atoms with E-state index in [0.717, 1.165) is 11.3 Å². The van der Waals surface area contributed by atoms with Gasteiger partial charge in [0, 0.05) is 5.02 Å². The largest absolute Gasteiger partial charge is 0.293 e.